The normalized spacial score (nSPS) is 14.4. The number of aromatic nitrogens is 2. The molecule has 41 heavy (non-hydrogen) atoms. The molecule has 3 aromatic carbocycles. The second-order valence-electron chi connectivity index (χ2n) is 10.5. The zero-order valence-electron chi connectivity index (χ0n) is 23.9. The molecule has 5 rings (SSSR count). The fourth-order valence-corrected chi connectivity index (χ4v) is 5.61. The average molecular weight is 555 g/mol. The van der Waals surface area contributed by atoms with Crippen LogP contribution in [0.5, 0.6) is 0 Å². The number of carbonyl (C=O) groups is 2. The first-order valence-corrected chi connectivity index (χ1v) is 14.3. The van der Waals surface area contributed by atoms with E-state index in [-0.39, 0.29) is 24.6 Å². The summed E-state index contributed by atoms with van der Waals surface area (Å²) in [7, 11) is 0. The summed E-state index contributed by atoms with van der Waals surface area (Å²) in [6.45, 7) is 8.65. The largest absolute Gasteiger partial charge is 0.466 e. The molecule has 0 spiro atoms. The molecule has 0 unspecified atom stereocenters. The van der Waals surface area contributed by atoms with Gasteiger partial charge in [0.1, 0.15) is 12.4 Å². The minimum Gasteiger partial charge on any atom is -0.466 e. The number of esters is 2. The van der Waals surface area contributed by atoms with E-state index in [0.29, 0.717) is 25.4 Å². The standard InChI is InChI=1S/C33H38N4O4/c1-25(38)40-21-9-16-37-31-15-14-27(22-30(31)34-32(37)24-41-26(2)39)23-35-17-19-36(20-18-35)33(28-10-5-3-6-11-28)29-12-7-4-8-13-29/h3-8,10-15,22,33H,9,16-21,23-24H2,1-2H3. The topological polar surface area (TPSA) is 76.9 Å². The Balaban J connectivity index is 1.26. The predicted molar refractivity (Wildman–Crippen MR) is 158 cm³/mol. The van der Waals surface area contributed by atoms with Crippen LogP contribution in [0, 0.1) is 0 Å². The van der Waals surface area contributed by atoms with Crippen molar-refractivity contribution in [3.63, 3.8) is 0 Å². The summed E-state index contributed by atoms with van der Waals surface area (Å²) in [5.41, 5.74) is 5.72. The van der Waals surface area contributed by atoms with E-state index < -0.39 is 0 Å². The van der Waals surface area contributed by atoms with Crippen molar-refractivity contribution in [3.8, 4) is 0 Å². The first-order chi connectivity index (χ1) is 20.0. The maximum atomic E-state index is 11.5. The molecule has 0 N–H and O–H groups in total. The summed E-state index contributed by atoms with van der Waals surface area (Å²) in [5.74, 6) is 0.0588. The molecule has 1 saturated heterocycles. The predicted octanol–water partition coefficient (Wildman–Crippen LogP) is 4.96. The number of fused-ring (bicyclic) bond motifs is 1. The number of imidazole rings is 1. The summed E-state index contributed by atoms with van der Waals surface area (Å²) in [4.78, 5) is 32.5. The van der Waals surface area contributed by atoms with Crippen LogP contribution in [0.15, 0.2) is 78.9 Å². The van der Waals surface area contributed by atoms with Gasteiger partial charge in [0, 0.05) is 53.1 Å². The molecule has 0 amide bonds. The van der Waals surface area contributed by atoms with Crippen molar-refractivity contribution in [2.24, 2.45) is 0 Å². The van der Waals surface area contributed by atoms with Crippen LogP contribution < -0.4 is 0 Å². The van der Waals surface area contributed by atoms with E-state index in [9.17, 15) is 9.59 Å². The molecule has 1 fully saturated rings. The lowest BCUT2D eigenvalue weighted by Crippen LogP contribution is -2.47. The molecule has 1 aliphatic rings. The molecule has 4 aromatic rings. The third-order valence-electron chi connectivity index (χ3n) is 7.54. The quantitative estimate of drug-likeness (QED) is 0.192. The van der Waals surface area contributed by atoms with E-state index in [1.165, 1.54) is 30.5 Å². The third kappa shape index (κ3) is 7.39. The highest BCUT2D eigenvalue weighted by molar-refractivity contribution is 5.77. The lowest BCUT2D eigenvalue weighted by atomic mass is 9.96. The lowest BCUT2D eigenvalue weighted by molar-refractivity contribution is -0.143. The molecule has 0 bridgehead atoms. The maximum Gasteiger partial charge on any atom is 0.303 e. The fourth-order valence-electron chi connectivity index (χ4n) is 5.61. The van der Waals surface area contributed by atoms with Crippen molar-refractivity contribution in [1.29, 1.82) is 0 Å². The number of ether oxygens (including phenoxy) is 2. The number of nitrogens with zero attached hydrogens (tertiary/aromatic N) is 4. The van der Waals surface area contributed by atoms with Gasteiger partial charge in [0.25, 0.3) is 0 Å². The van der Waals surface area contributed by atoms with Crippen LogP contribution in [0.2, 0.25) is 0 Å². The SMILES string of the molecule is CC(=O)OCCCn1c(COC(C)=O)nc2cc(CN3CCN(C(c4ccccc4)c4ccccc4)CC3)ccc21. The van der Waals surface area contributed by atoms with Gasteiger partial charge in [-0.15, -0.1) is 0 Å². The van der Waals surface area contributed by atoms with Crippen LogP contribution in [0.25, 0.3) is 11.0 Å². The van der Waals surface area contributed by atoms with Gasteiger partial charge in [0.05, 0.1) is 23.7 Å². The fraction of sp³-hybridized carbons (Fsp3) is 0.364. The van der Waals surface area contributed by atoms with Crippen LogP contribution in [-0.4, -0.2) is 64.1 Å². The molecule has 214 valence electrons. The van der Waals surface area contributed by atoms with E-state index in [4.69, 9.17) is 14.5 Å². The molecule has 2 heterocycles. The van der Waals surface area contributed by atoms with E-state index in [0.717, 1.165) is 43.8 Å². The zero-order chi connectivity index (χ0) is 28.6. The Morgan fingerprint density at radius 2 is 1.46 bits per heavy atom. The Hall–Kier alpha value is -4.01. The van der Waals surface area contributed by atoms with E-state index in [2.05, 4.69) is 93.2 Å². The van der Waals surface area contributed by atoms with Crippen molar-refractivity contribution < 1.29 is 19.1 Å². The summed E-state index contributed by atoms with van der Waals surface area (Å²) in [6, 6.07) is 28.2. The number of benzene rings is 3. The van der Waals surface area contributed by atoms with Gasteiger partial charge in [-0.05, 0) is 35.2 Å². The Kier molecular flexibility index (Phi) is 9.44. The van der Waals surface area contributed by atoms with Gasteiger partial charge in [-0.2, -0.15) is 0 Å². The van der Waals surface area contributed by atoms with Crippen LogP contribution in [0.4, 0.5) is 0 Å². The second-order valence-corrected chi connectivity index (χ2v) is 10.5. The number of hydrogen-bond acceptors (Lipinski definition) is 7. The molecule has 8 heteroatoms. The molecular formula is C33H38N4O4. The first kappa shape index (κ1) is 28.5. The average Bonchev–Trinajstić information content (AvgIpc) is 3.33. The lowest BCUT2D eigenvalue weighted by Gasteiger charge is -2.39. The van der Waals surface area contributed by atoms with Crippen molar-refractivity contribution >= 4 is 23.0 Å². The van der Waals surface area contributed by atoms with Gasteiger partial charge in [-0.25, -0.2) is 4.98 Å². The number of rotatable bonds is 11. The minimum absolute atomic E-state index is 0.110. The first-order valence-electron chi connectivity index (χ1n) is 14.3. The molecular weight excluding hydrogens is 516 g/mol. The molecule has 8 nitrogen and oxygen atoms in total. The molecule has 1 aliphatic heterocycles. The van der Waals surface area contributed by atoms with E-state index in [1.54, 1.807) is 0 Å². The molecule has 1 aromatic heterocycles. The van der Waals surface area contributed by atoms with Crippen LogP contribution in [0.3, 0.4) is 0 Å². The zero-order valence-corrected chi connectivity index (χ0v) is 23.9. The van der Waals surface area contributed by atoms with Gasteiger partial charge < -0.3 is 14.0 Å². The number of hydrogen-bond donors (Lipinski definition) is 0. The number of carbonyl (C=O) groups excluding carboxylic acids is 2. The smallest absolute Gasteiger partial charge is 0.303 e. The van der Waals surface area contributed by atoms with Gasteiger partial charge in [0.15, 0.2) is 0 Å². The highest BCUT2D eigenvalue weighted by Crippen LogP contribution is 2.30. The summed E-state index contributed by atoms with van der Waals surface area (Å²) >= 11 is 0. The number of piperazine rings is 1. The van der Waals surface area contributed by atoms with Crippen LogP contribution in [0.1, 0.15) is 48.8 Å². The molecule has 0 atom stereocenters. The summed E-state index contributed by atoms with van der Waals surface area (Å²) in [5, 5.41) is 0. The van der Waals surface area contributed by atoms with Gasteiger partial charge >= 0.3 is 11.9 Å². The van der Waals surface area contributed by atoms with Gasteiger partial charge in [-0.1, -0.05) is 66.7 Å². The third-order valence-corrected chi connectivity index (χ3v) is 7.54. The van der Waals surface area contributed by atoms with E-state index in [1.807, 2.05) is 0 Å². The maximum absolute atomic E-state index is 11.5. The van der Waals surface area contributed by atoms with Crippen molar-refractivity contribution in [2.45, 2.75) is 46.0 Å². The monoisotopic (exact) mass is 554 g/mol. The minimum atomic E-state index is -0.342. The van der Waals surface area contributed by atoms with E-state index >= 15 is 0 Å². The van der Waals surface area contributed by atoms with Gasteiger partial charge in [-0.3, -0.25) is 19.4 Å². The molecule has 0 radical (unpaired) electrons. The Labute approximate surface area is 241 Å². The number of aryl methyl sites for hydroxylation is 1. The summed E-state index contributed by atoms with van der Waals surface area (Å²) < 4.78 is 12.4. The Morgan fingerprint density at radius 1 is 0.829 bits per heavy atom. The highest BCUT2D eigenvalue weighted by atomic mass is 16.5. The molecule has 0 saturated carbocycles. The molecule has 0 aliphatic carbocycles. The Morgan fingerprint density at radius 3 is 2.07 bits per heavy atom. The van der Waals surface area contributed by atoms with Gasteiger partial charge in [0.2, 0.25) is 0 Å². The van der Waals surface area contributed by atoms with Crippen LogP contribution in [-0.2, 0) is 38.8 Å². The van der Waals surface area contributed by atoms with Crippen molar-refractivity contribution in [2.75, 3.05) is 32.8 Å². The summed E-state index contributed by atoms with van der Waals surface area (Å²) in [6.07, 6.45) is 0.650. The Bertz CT molecular complexity index is 1410. The second kappa shape index (κ2) is 13.6. The van der Waals surface area contributed by atoms with Crippen molar-refractivity contribution in [1.82, 2.24) is 19.4 Å². The van der Waals surface area contributed by atoms with Crippen molar-refractivity contribution in [3.05, 3.63) is 101 Å². The highest BCUT2D eigenvalue weighted by Gasteiger charge is 2.26. The van der Waals surface area contributed by atoms with Crippen LogP contribution >= 0.6 is 0 Å².